The van der Waals surface area contributed by atoms with Gasteiger partial charge in [-0.2, -0.15) is 5.10 Å². The van der Waals surface area contributed by atoms with Gasteiger partial charge in [-0.25, -0.2) is 0 Å². The molecule has 6 heteroatoms. The minimum absolute atomic E-state index is 0.145. The first-order valence-corrected chi connectivity index (χ1v) is 10.8. The molecule has 0 aliphatic heterocycles. The van der Waals surface area contributed by atoms with Crippen molar-refractivity contribution in [1.82, 2.24) is 25.4 Å². The minimum atomic E-state index is 0.145. The summed E-state index contributed by atoms with van der Waals surface area (Å²) in [6.45, 7) is 4.80. The van der Waals surface area contributed by atoms with Crippen molar-refractivity contribution >= 4 is 5.91 Å². The number of aryl methyl sites for hydroxylation is 2. The lowest BCUT2D eigenvalue weighted by molar-refractivity contribution is -0.121. The van der Waals surface area contributed by atoms with Crippen molar-refractivity contribution in [3.63, 3.8) is 0 Å². The fraction of sp³-hybridized carbons (Fsp3) is 0.609. The topological polar surface area (TPSA) is 73.9 Å². The molecular formula is C23H35N5O. The number of carbonyl (C=O) groups excluding carboxylic acids is 1. The SMILES string of the molecule is Cc1n[nH]c(C)c1CCC(=O)NCC1CCC([C@@H](c2ccccn2)N(C)C)CC1. The normalized spacial score (nSPS) is 20.6. The molecule has 2 aromatic heterocycles. The van der Waals surface area contributed by atoms with Crippen molar-refractivity contribution in [3.05, 3.63) is 47.0 Å². The molecule has 2 heterocycles. The summed E-state index contributed by atoms with van der Waals surface area (Å²) in [6.07, 6.45) is 7.88. The number of rotatable bonds is 8. The van der Waals surface area contributed by atoms with Gasteiger partial charge in [0.05, 0.1) is 17.4 Å². The molecule has 1 aliphatic carbocycles. The highest BCUT2D eigenvalue weighted by atomic mass is 16.1. The van der Waals surface area contributed by atoms with Crippen molar-refractivity contribution < 1.29 is 4.79 Å². The maximum absolute atomic E-state index is 12.3. The van der Waals surface area contributed by atoms with Crippen LogP contribution in [0.4, 0.5) is 0 Å². The molecule has 0 aromatic carbocycles. The number of hydrogen-bond donors (Lipinski definition) is 2. The van der Waals surface area contributed by atoms with Crippen LogP contribution >= 0.6 is 0 Å². The molecule has 0 bridgehead atoms. The summed E-state index contributed by atoms with van der Waals surface area (Å²) in [4.78, 5) is 19.2. The third-order valence-corrected chi connectivity index (χ3v) is 6.36. The molecule has 1 saturated carbocycles. The van der Waals surface area contributed by atoms with Crippen LogP contribution in [0.1, 0.15) is 60.8 Å². The van der Waals surface area contributed by atoms with E-state index in [0.29, 0.717) is 24.3 Å². The van der Waals surface area contributed by atoms with Gasteiger partial charge in [0.1, 0.15) is 0 Å². The quantitative estimate of drug-likeness (QED) is 0.714. The van der Waals surface area contributed by atoms with Crippen molar-refractivity contribution in [3.8, 4) is 0 Å². The zero-order valence-corrected chi connectivity index (χ0v) is 18.2. The largest absolute Gasteiger partial charge is 0.356 e. The van der Waals surface area contributed by atoms with Gasteiger partial charge in [0.25, 0.3) is 0 Å². The molecule has 0 radical (unpaired) electrons. The van der Waals surface area contributed by atoms with Crippen LogP contribution in [0, 0.1) is 25.7 Å². The molecule has 1 fully saturated rings. The second-order valence-electron chi connectivity index (χ2n) is 8.66. The van der Waals surface area contributed by atoms with E-state index >= 15 is 0 Å². The number of amides is 1. The van der Waals surface area contributed by atoms with Crippen LogP contribution < -0.4 is 5.32 Å². The first-order chi connectivity index (χ1) is 14.0. The van der Waals surface area contributed by atoms with Crippen LogP contribution in [-0.2, 0) is 11.2 Å². The van der Waals surface area contributed by atoms with Crippen LogP contribution in [0.3, 0.4) is 0 Å². The molecule has 2 aromatic rings. The van der Waals surface area contributed by atoms with E-state index in [9.17, 15) is 4.79 Å². The lowest BCUT2D eigenvalue weighted by Gasteiger charge is -2.37. The summed E-state index contributed by atoms with van der Waals surface area (Å²) in [5.74, 6) is 1.35. The van der Waals surface area contributed by atoms with Gasteiger partial charge < -0.3 is 10.2 Å². The molecule has 1 aliphatic rings. The highest BCUT2D eigenvalue weighted by molar-refractivity contribution is 5.76. The number of hydrogen-bond acceptors (Lipinski definition) is 4. The molecule has 29 heavy (non-hydrogen) atoms. The Morgan fingerprint density at radius 1 is 1.24 bits per heavy atom. The minimum Gasteiger partial charge on any atom is -0.356 e. The van der Waals surface area contributed by atoms with Crippen LogP contribution in [0.2, 0.25) is 0 Å². The first kappa shape index (κ1) is 21.5. The molecule has 1 atom stereocenters. The summed E-state index contributed by atoms with van der Waals surface area (Å²) in [7, 11) is 4.30. The van der Waals surface area contributed by atoms with Crippen LogP contribution in [-0.4, -0.2) is 46.6 Å². The smallest absolute Gasteiger partial charge is 0.220 e. The summed E-state index contributed by atoms with van der Waals surface area (Å²) in [5.41, 5.74) is 4.40. The highest BCUT2D eigenvalue weighted by Crippen LogP contribution is 2.38. The Labute approximate surface area is 174 Å². The predicted molar refractivity (Wildman–Crippen MR) is 116 cm³/mol. The molecule has 2 N–H and O–H groups in total. The van der Waals surface area contributed by atoms with E-state index in [0.717, 1.165) is 24.4 Å². The van der Waals surface area contributed by atoms with Crippen molar-refractivity contribution in [1.29, 1.82) is 0 Å². The predicted octanol–water partition coefficient (Wildman–Crippen LogP) is 3.58. The van der Waals surface area contributed by atoms with Gasteiger partial charge in [0.15, 0.2) is 0 Å². The van der Waals surface area contributed by atoms with Gasteiger partial charge >= 0.3 is 0 Å². The van der Waals surface area contributed by atoms with Gasteiger partial charge in [-0.1, -0.05) is 6.07 Å². The highest BCUT2D eigenvalue weighted by Gasteiger charge is 2.30. The van der Waals surface area contributed by atoms with E-state index < -0.39 is 0 Å². The zero-order chi connectivity index (χ0) is 20.8. The van der Waals surface area contributed by atoms with Crippen molar-refractivity contribution in [2.75, 3.05) is 20.6 Å². The Morgan fingerprint density at radius 2 is 2.00 bits per heavy atom. The molecule has 1 amide bonds. The summed E-state index contributed by atoms with van der Waals surface area (Å²) in [6, 6.07) is 6.56. The standard InChI is InChI=1S/C23H35N5O/c1-16-20(17(2)27-26-16)12-13-22(29)25-15-18-8-10-19(11-9-18)23(28(3)4)21-7-5-6-14-24-21/h5-7,14,18-19,23H,8-13,15H2,1-4H3,(H,25,29)(H,26,27)/t18?,19?,23-/m0/s1. The molecule has 3 rings (SSSR count). The second kappa shape index (κ2) is 10.0. The van der Waals surface area contributed by atoms with E-state index in [-0.39, 0.29) is 5.91 Å². The molecule has 6 nitrogen and oxygen atoms in total. The van der Waals surface area contributed by atoms with Gasteiger partial charge in [-0.3, -0.25) is 14.9 Å². The second-order valence-corrected chi connectivity index (χ2v) is 8.66. The zero-order valence-electron chi connectivity index (χ0n) is 18.2. The number of aromatic amines is 1. The van der Waals surface area contributed by atoms with Gasteiger partial charge in [-0.15, -0.1) is 0 Å². The Kier molecular flexibility index (Phi) is 7.42. The van der Waals surface area contributed by atoms with Crippen molar-refractivity contribution in [2.45, 2.75) is 58.4 Å². The lowest BCUT2D eigenvalue weighted by Crippen LogP contribution is -2.34. The third kappa shape index (κ3) is 5.66. The fourth-order valence-corrected chi connectivity index (χ4v) is 4.71. The summed E-state index contributed by atoms with van der Waals surface area (Å²) < 4.78 is 0. The maximum atomic E-state index is 12.3. The maximum Gasteiger partial charge on any atom is 0.220 e. The number of carbonyl (C=O) groups is 1. The number of H-pyrrole nitrogens is 1. The van der Waals surface area contributed by atoms with Crippen LogP contribution in [0.5, 0.6) is 0 Å². The number of pyridine rings is 1. The fourth-order valence-electron chi connectivity index (χ4n) is 4.71. The average Bonchev–Trinajstić information content (AvgIpc) is 3.04. The Hall–Kier alpha value is -2.21. The van der Waals surface area contributed by atoms with E-state index in [2.05, 4.69) is 51.6 Å². The molecular weight excluding hydrogens is 362 g/mol. The summed E-state index contributed by atoms with van der Waals surface area (Å²) >= 11 is 0. The summed E-state index contributed by atoms with van der Waals surface area (Å²) in [5, 5.41) is 10.4. The number of aromatic nitrogens is 3. The van der Waals surface area contributed by atoms with Gasteiger partial charge in [0.2, 0.25) is 5.91 Å². The Bertz CT molecular complexity index is 758. The average molecular weight is 398 g/mol. The Morgan fingerprint density at radius 3 is 2.59 bits per heavy atom. The number of nitrogens with one attached hydrogen (secondary N) is 2. The third-order valence-electron chi connectivity index (χ3n) is 6.36. The van der Waals surface area contributed by atoms with Crippen LogP contribution in [0.25, 0.3) is 0 Å². The monoisotopic (exact) mass is 397 g/mol. The van der Waals surface area contributed by atoms with Crippen molar-refractivity contribution in [2.24, 2.45) is 11.8 Å². The van der Waals surface area contributed by atoms with E-state index in [1.807, 2.05) is 26.1 Å². The van der Waals surface area contributed by atoms with E-state index in [1.54, 1.807) is 0 Å². The van der Waals surface area contributed by atoms with Gasteiger partial charge in [-0.05, 0) is 89.6 Å². The van der Waals surface area contributed by atoms with E-state index in [4.69, 9.17) is 0 Å². The lowest BCUT2D eigenvalue weighted by atomic mass is 9.77. The van der Waals surface area contributed by atoms with E-state index in [1.165, 1.54) is 36.9 Å². The number of nitrogens with zero attached hydrogens (tertiary/aromatic N) is 3. The van der Waals surface area contributed by atoms with Crippen LogP contribution in [0.15, 0.2) is 24.4 Å². The first-order valence-electron chi connectivity index (χ1n) is 10.8. The molecule has 158 valence electrons. The Balaban J connectivity index is 1.43. The molecule has 0 spiro atoms. The van der Waals surface area contributed by atoms with Gasteiger partial charge in [0, 0.05) is 24.9 Å². The molecule has 0 unspecified atom stereocenters. The molecule has 0 saturated heterocycles.